The van der Waals surface area contributed by atoms with Gasteiger partial charge >= 0.3 is 0 Å². The van der Waals surface area contributed by atoms with Gasteiger partial charge in [-0.1, -0.05) is 18.5 Å². The quantitative estimate of drug-likeness (QED) is 0.852. The van der Waals surface area contributed by atoms with Crippen molar-refractivity contribution >= 4 is 34.7 Å². The van der Waals surface area contributed by atoms with Crippen molar-refractivity contribution in [1.82, 2.24) is 10.3 Å². The highest BCUT2D eigenvalue weighted by atomic mass is 35.5. The first-order valence-electron chi connectivity index (χ1n) is 4.28. The minimum atomic E-state index is 0.363. The van der Waals surface area contributed by atoms with E-state index in [1.807, 2.05) is 11.8 Å². The molecule has 0 bridgehead atoms. The van der Waals surface area contributed by atoms with Crippen molar-refractivity contribution in [1.29, 1.82) is 0 Å². The third-order valence-corrected chi connectivity index (χ3v) is 4.68. The van der Waals surface area contributed by atoms with E-state index in [9.17, 15) is 0 Å². The molecule has 1 aliphatic rings. The van der Waals surface area contributed by atoms with E-state index in [4.69, 9.17) is 11.6 Å². The van der Waals surface area contributed by atoms with Crippen molar-refractivity contribution in [3.63, 3.8) is 0 Å². The van der Waals surface area contributed by atoms with E-state index in [1.165, 1.54) is 12.2 Å². The molecule has 1 aliphatic heterocycles. The Labute approximate surface area is 91.1 Å². The summed E-state index contributed by atoms with van der Waals surface area (Å²) in [7, 11) is 0. The van der Waals surface area contributed by atoms with Gasteiger partial charge in [-0.2, -0.15) is 0 Å². The summed E-state index contributed by atoms with van der Waals surface area (Å²) in [5.74, 6) is 1.18. The van der Waals surface area contributed by atoms with Gasteiger partial charge in [-0.3, -0.25) is 5.32 Å². The Morgan fingerprint density at radius 3 is 3.15 bits per heavy atom. The second-order valence-corrected chi connectivity index (χ2v) is 5.82. The molecule has 1 saturated heterocycles. The summed E-state index contributed by atoms with van der Waals surface area (Å²) in [5.41, 5.74) is 0. The summed E-state index contributed by atoms with van der Waals surface area (Å²) < 4.78 is 0.775. The lowest BCUT2D eigenvalue weighted by molar-refractivity contribution is 0.560. The van der Waals surface area contributed by atoms with Crippen LogP contribution < -0.4 is 5.32 Å². The first-order chi connectivity index (χ1) is 6.29. The average Bonchev–Trinajstić information content (AvgIpc) is 2.71. The standard InChI is InChI=1S/C8H11ClN2S2/c1-2-5-4-12-8(11-5)7-10-3-6(9)13-7/h3,5,8,11H,2,4H2,1H3. The van der Waals surface area contributed by atoms with Gasteiger partial charge in [0, 0.05) is 11.8 Å². The van der Waals surface area contributed by atoms with Crippen LogP contribution in [-0.2, 0) is 0 Å². The maximum atomic E-state index is 5.83. The molecular formula is C8H11ClN2S2. The van der Waals surface area contributed by atoms with Gasteiger partial charge in [0.05, 0.1) is 6.20 Å². The van der Waals surface area contributed by atoms with Crippen LogP contribution in [-0.4, -0.2) is 16.8 Å². The lowest BCUT2D eigenvalue weighted by Gasteiger charge is -2.08. The molecule has 1 aromatic heterocycles. The first kappa shape index (κ1) is 9.77. The molecule has 2 atom stereocenters. The summed E-state index contributed by atoms with van der Waals surface area (Å²) in [6, 6.07) is 0.637. The molecule has 0 aliphatic carbocycles. The van der Waals surface area contributed by atoms with Crippen LogP contribution in [0.15, 0.2) is 6.20 Å². The molecule has 2 rings (SSSR count). The van der Waals surface area contributed by atoms with Gasteiger partial charge in [0.1, 0.15) is 14.7 Å². The van der Waals surface area contributed by atoms with Gasteiger partial charge in [-0.05, 0) is 6.42 Å². The molecule has 72 valence electrons. The van der Waals surface area contributed by atoms with Crippen LogP contribution >= 0.6 is 34.7 Å². The predicted molar refractivity (Wildman–Crippen MR) is 59.5 cm³/mol. The fraction of sp³-hybridized carbons (Fsp3) is 0.625. The highest BCUT2D eigenvalue weighted by Gasteiger charge is 2.26. The smallest absolute Gasteiger partial charge is 0.121 e. The second-order valence-electron chi connectivity index (χ2n) is 2.99. The summed E-state index contributed by atoms with van der Waals surface area (Å²) in [5, 5.41) is 4.99. The van der Waals surface area contributed by atoms with E-state index in [1.54, 1.807) is 17.5 Å². The monoisotopic (exact) mass is 234 g/mol. The predicted octanol–water partition coefficient (Wildman–Crippen LogP) is 2.91. The Morgan fingerprint density at radius 2 is 2.62 bits per heavy atom. The van der Waals surface area contributed by atoms with E-state index < -0.39 is 0 Å². The van der Waals surface area contributed by atoms with Crippen LogP contribution in [0.2, 0.25) is 4.34 Å². The minimum Gasteiger partial charge on any atom is -0.296 e. The van der Waals surface area contributed by atoms with Crippen LogP contribution in [0.25, 0.3) is 0 Å². The van der Waals surface area contributed by atoms with E-state index >= 15 is 0 Å². The SMILES string of the molecule is CCC1CSC(c2ncc(Cl)s2)N1. The zero-order chi connectivity index (χ0) is 9.26. The first-order valence-corrected chi connectivity index (χ1v) is 6.52. The summed E-state index contributed by atoms with van der Waals surface area (Å²) >= 11 is 9.32. The fourth-order valence-corrected chi connectivity index (χ4v) is 3.76. The lowest BCUT2D eigenvalue weighted by atomic mass is 10.3. The molecule has 1 fully saturated rings. The third kappa shape index (κ3) is 2.18. The van der Waals surface area contributed by atoms with Crippen molar-refractivity contribution in [3.8, 4) is 0 Å². The Bertz CT molecular complexity index is 289. The van der Waals surface area contributed by atoms with Crippen LogP contribution in [0, 0.1) is 0 Å². The molecule has 2 heterocycles. The average molecular weight is 235 g/mol. The van der Waals surface area contributed by atoms with E-state index in [0.717, 1.165) is 9.34 Å². The molecule has 1 N–H and O–H groups in total. The Morgan fingerprint density at radius 1 is 1.77 bits per heavy atom. The van der Waals surface area contributed by atoms with Crippen molar-refractivity contribution in [3.05, 3.63) is 15.5 Å². The topological polar surface area (TPSA) is 24.9 Å². The molecule has 2 unspecified atom stereocenters. The van der Waals surface area contributed by atoms with Crippen molar-refractivity contribution in [2.45, 2.75) is 24.8 Å². The number of halogens is 1. The lowest BCUT2D eigenvalue weighted by Crippen LogP contribution is -2.24. The Balaban J connectivity index is 2.03. The molecule has 13 heavy (non-hydrogen) atoms. The summed E-state index contributed by atoms with van der Waals surface area (Å²) in [6.45, 7) is 2.20. The minimum absolute atomic E-state index is 0.363. The second kappa shape index (κ2) is 4.17. The number of rotatable bonds is 2. The maximum absolute atomic E-state index is 5.83. The van der Waals surface area contributed by atoms with Crippen molar-refractivity contribution < 1.29 is 0 Å². The van der Waals surface area contributed by atoms with Crippen LogP contribution in [0.3, 0.4) is 0 Å². The van der Waals surface area contributed by atoms with Crippen LogP contribution in [0.5, 0.6) is 0 Å². The van der Waals surface area contributed by atoms with Crippen molar-refractivity contribution in [2.24, 2.45) is 0 Å². The van der Waals surface area contributed by atoms with Crippen LogP contribution in [0.1, 0.15) is 23.7 Å². The number of aromatic nitrogens is 1. The zero-order valence-electron chi connectivity index (χ0n) is 7.29. The molecule has 5 heteroatoms. The van der Waals surface area contributed by atoms with E-state index in [2.05, 4.69) is 17.2 Å². The van der Waals surface area contributed by atoms with E-state index in [-0.39, 0.29) is 0 Å². The number of hydrogen-bond donors (Lipinski definition) is 1. The number of hydrogen-bond acceptors (Lipinski definition) is 4. The number of nitrogens with one attached hydrogen (secondary N) is 1. The molecular weight excluding hydrogens is 224 g/mol. The number of thiazole rings is 1. The molecule has 0 radical (unpaired) electrons. The summed E-state index contributed by atoms with van der Waals surface area (Å²) in [6.07, 6.45) is 2.91. The van der Waals surface area contributed by atoms with E-state index in [0.29, 0.717) is 11.4 Å². The third-order valence-electron chi connectivity index (χ3n) is 2.06. The Kier molecular flexibility index (Phi) is 3.14. The highest BCUT2D eigenvalue weighted by molar-refractivity contribution is 7.99. The van der Waals surface area contributed by atoms with Gasteiger partial charge < -0.3 is 0 Å². The van der Waals surface area contributed by atoms with Gasteiger partial charge in [0.2, 0.25) is 0 Å². The molecule has 0 saturated carbocycles. The number of thioether (sulfide) groups is 1. The molecule has 0 amide bonds. The largest absolute Gasteiger partial charge is 0.296 e. The maximum Gasteiger partial charge on any atom is 0.121 e. The fourth-order valence-electron chi connectivity index (χ4n) is 1.29. The Hall–Kier alpha value is 0.230. The zero-order valence-corrected chi connectivity index (χ0v) is 9.68. The van der Waals surface area contributed by atoms with Gasteiger partial charge in [0.15, 0.2) is 0 Å². The molecule has 0 spiro atoms. The van der Waals surface area contributed by atoms with Gasteiger partial charge in [0.25, 0.3) is 0 Å². The molecule has 1 aromatic rings. The molecule has 2 nitrogen and oxygen atoms in total. The summed E-state index contributed by atoms with van der Waals surface area (Å²) in [4.78, 5) is 4.27. The van der Waals surface area contributed by atoms with Crippen molar-refractivity contribution in [2.75, 3.05) is 5.75 Å². The number of nitrogens with zero attached hydrogens (tertiary/aromatic N) is 1. The van der Waals surface area contributed by atoms with Gasteiger partial charge in [-0.25, -0.2) is 4.98 Å². The van der Waals surface area contributed by atoms with Gasteiger partial charge in [-0.15, -0.1) is 23.1 Å². The molecule has 0 aromatic carbocycles. The van der Waals surface area contributed by atoms with Crippen LogP contribution in [0.4, 0.5) is 0 Å². The normalized spacial score (nSPS) is 28.2. The highest BCUT2D eigenvalue weighted by Crippen LogP contribution is 2.36.